The van der Waals surface area contributed by atoms with Gasteiger partial charge in [-0.15, -0.1) is 0 Å². The Labute approximate surface area is 146 Å². The number of nitrogens with two attached hydrogens (primary N) is 1. The third-order valence-electron chi connectivity index (χ3n) is 5.10. The lowest BCUT2D eigenvalue weighted by molar-refractivity contribution is -0.136. The third kappa shape index (κ3) is 4.29. The molecule has 0 unspecified atom stereocenters. The lowest BCUT2D eigenvalue weighted by atomic mass is 10.1. The number of nitrogen functional groups attached to an aromatic ring is 1. The summed E-state index contributed by atoms with van der Waals surface area (Å²) >= 11 is 0. The van der Waals surface area contributed by atoms with E-state index in [1.54, 1.807) is 0 Å². The Morgan fingerprint density at radius 3 is 2.76 bits per heavy atom. The number of likely N-dealkylation sites (tertiary alicyclic amines) is 1. The van der Waals surface area contributed by atoms with Gasteiger partial charge in [-0.2, -0.15) is 5.10 Å². The van der Waals surface area contributed by atoms with E-state index in [2.05, 4.69) is 20.4 Å². The van der Waals surface area contributed by atoms with Crippen LogP contribution < -0.4 is 11.1 Å². The van der Waals surface area contributed by atoms with Gasteiger partial charge >= 0.3 is 0 Å². The number of nitrogens with zero attached hydrogens (tertiary/aromatic N) is 3. The van der Waals surface area contributed by atoms with Gasteiger partial charge in [-0.25, -0.2) is 0 Å². The Balaban J connectivity index is 1.45. The summed E-state index contributed by atoms with van der Waals surface area (Å²) in [5, 5.41) is 9.26. The summed E-state index contributed by atoms with van der Waals surface area (Å²) in [4.78, 5) is 28.6. The second kappa shape index (κ2) is 7.83. The first kappa shape index (κ1) is 17.7. The molecule has 0 radical (unpaired) electrons. The monoisotopic (exact) mass is 350 g/mol. The van der Waals surface area contributed by atoms with Gasteiger partial charge < -0.3 is 20.7 Å². The fourth-order valence-corrected chi connectivity index (χ4v) is 3.48. The second-order valence-corrected chi connectivity index (χ2v) is 6.66. The van der Waals surface area contributed by atoms with Gasteiger partial charge in [0.15, 0.2) is 0 Å². The Kier molecular flexibility index (Phi) is 5.54. The molecule has 138 valence electrons. The van der Waals surface area contributed by atoms with Gasteiger partial charge in [0, 0.05) is 44.2 Å². The van der Waals surface area contributed by atoms with Crippen LogP contribution in [0.4, 0.5) is 5.82 Å². The van der Waals surface area contributed by atoms with E-state index < -0.39 is 0 Å². The van der Waals surface area contributed by atoms with Crippen LogP contribution in [0.2, 0.25) is 0 Å². The molecule has 2 aliphatic heterocycles. The summed E-state index contributed by atoms with van der Waals surface area (Å²) < 4.78 is 5.29. The maximum Gasteiger partial charge on any atom is 0.269 e. The molecule has 9 heteroatoms. The number of aromatic nitrogens is 2. The van der Waals surface area contributed by atoms with Crippen molar-refractivity contribution in [1.82, 2.24) is 25.3 Å². The minimum absolute atomic E-state index is 0.192. The van der Waals surface area contributed by atoms with Crippen molar-refractivity contribution in [2.75, 3.05) is 45.6 Å². The highest BCUT2D eigenvalue weighted by molar-refractivity contribution is 5.92. The average molecular weight is 350 g/mol. The Morgan fingerprint density at radius 2 is 2.08 bits per heavy atom. The SMILES string of the molecule is CN1[C@@H](CC(=O)N2CCOCC2)CC[C@H]1CNC(=O)c1cc(N)n[nH]1. The highest BCUT2D eigenvalue weighted by Gasteiger charge is 2.33. The van der Waals surface area contributed by atoms with E-state index in [0.29, 0.717) is 50.8 Å². The van der Waals surface area contributed by atoms with Crippen LogP contribution in [0.15, 0.2) is 6.07 Å². The minimum Gasteiger partial charge on any atom is -0.382 e. The van der Waals surface area contributed by atoms with Crippen LogP contribution in [-0.4, -0.2) is 83.8 Å². The van der Waals surface area contributed by atoms with Crippen molar-refractivity contribution in [3.05, 3.63) is 11.8 Å². The molecular weight excluding hydrogens is 324 g/mol. The first-order chi connectivity index (χ1) is 12.0. The smallest absolute Gasteiger partial charge is 0.269 e. The fraction of sp³-hybridized carbons (Fsp3) is 0.688. The van der Waals surface area contributed by atoms with Crippen molar-refractivity contribution in [3.8, 4) is 0 Å². The highest BCUT2D eigenvalue weighted by atomic mass is 16.5. The number of hydrogen-bond donors (Lipinski definition) is 3. The molecular formula is C16H26N6O3. The van der Waals surface area contributed by atoms with Crippen LogP contribution in [0.25, 0.3) is 0 Å². The molecule has 3 rings (SSSR count). The van der Waals surface area contributed by atoms with E-state index in [9.17, 15) is 9.59 Å². The molecule has 0 saturated carbocycles. The standard InChI is InChI=1S/C16H26N6O3/c1-21-11(8-15(23)22-4-6-25-7-5-22)2-3-12(21)10-18-16(24)13-9-14(17)20-19-13/h9,11-12H,2-8,10H2,1H3,(H,18,24)(H3,17,19,20)/t11-,12+/m1/s1. The van der Waals surface area contributed by atoms with E-state index in [0.717, 1.165) is 12.8 Å². The van der Waals surface area contributed by atoms with Crippen LogP contribution in [0.3, 0.4) is 0 Å². The minimum atomic E-state index is -0.217. The lowest BCUT2D eigenvalue weighted by Crippen LogP contribution is -2.45. The van der Waals surface area contributed by atoms with Gasteiger partial charge in [0.2, 0.25) is 5.91 Å². The van der Waals surface area contributed by atoms with E-state index in [1.807, 2.05) is 11.9 Å². The second-order valence-electron chi connectivity index (χ2n) is 6.66. The number of nitrogens with one attached hydrogen (secondary N) is 2. The maximum atomic E-state index is 12.4. The molecule has 2 atom stereocenters. The summed E-state index contributed by atoms with van der Waals surface area (Å²) in [6.45, 7) is 3.15. The van der Waals surface area contributed by atoms with Crippen LogP contribution in [-0.2, 0) is 9.53 Å². The molecule has 0 spiro atoms. The Bertz CT molecular complexity index is 613. The zero-order valence-electron chi connectivity index (χ0n) is 14.5. The average Bonchev–Trinajstić information content (AvgIpc) is 3.20. The number of likely N-dealkylation sites (N-methyl/N-ethyl adjacent to an activating group) is 1. The van der Waals surface area contributed by atoms with E-state index >= 15 is 0 Å². The van der Waals surface area contributed by atoms with Crippen LogP contribution in [0, 0.1) is 0 Å². The molecule has 4 N–H and O–H groups in total. The van der Waals surface area contributed by atoms with E-state index in [4.69, 9.17) is 10.5 Å². The van der Waals surface area contributed by atoms with Gasteiger partial charge in [-0.1, -0.05) is 0 Å². The van der Waals surface area contributed by atoms with Crippen LogP contribution in [0.1, 0.15) is 29.8 Å². The molecule has 2 saturated heterocycles. The highest BCUT2D eigenvalue weighted by Crippen LogP contribution is 2.25. The number of amides is 2. The molecule has 2 amide bonds. The maximum absolute atomic E-state index is 12.4. The number of hydrogen-bond acceptors (Lipinski definition) is 6. The number of H-pyrrole nitrogens is 1. The summed E-state index contributed by atoms with van der Waals surface area (Å²) in [6.07, 6.45) is 2.45. The first-order valence-corrected chi connectivity index (χ1v) is 8.71. The number of rotatable bonds is 5. The van der Waals surface area contributed by atoms with Crippen molar-refractivity contribution in [2.45, 2.75) is 31.3 Å². The lowest BCUT2D eigenvalue weighted by Gasteiger charge is -2.30. The van der Waals surface area contributed by atoms with Crippen LogP contribution in [0.5, 0.6) is 0 Å². The van der Waals surface area contributed by atoms with E-state index in [1.165, 1.54) is 6.07 Å². The predicted molar refractivity (Wildman–Crippen MR) is 91.9 cm³/mol. The van der Waals surface area contributed by atoms with Crippen molar-refractivity contribution in [3.63, 3.8) is 0 Å². The molecule has 0 aliphatic carbocycles. The van der Waals surface area contributed by atoms with Gasteiger partial charge in [-0.05, 0) is 19.9 Å². The number of aromatic amines is 1. The van der Waals surface area contributed by atoms with Crippen molar-refractivity contribution in [2.24, 2.45) is 0 Å². The number of carbonyl (C=O) groups excluding carboxylic acids is 2. The number of anilines is 1. The summed E-state index contributed by atoms with van der Waals surface area (Å²) in [7, 11) is 2.02. The normalized spacial score (nSPS) is 24.4. The Hall–Kier alpha value is -2.13. The number of morpholine rings is 1. The molecule has 9 nitrogen and oxygen atoms in total. The quantitative estimate of drug-likeness (QED) is 0.655. The molecule has 2 aliphatic rings. The summed E-state index contributed by atoms with van der Waals surface area (Å²) in [6, 6.07) is 1.96. The first-order valence-electron chi connectivity index (χ1n) is 8.71. The molecule has 1 aromatic rings. The van der Waals surface area contributed by atoms with Crippen molar-refractivity contribution in [1.29, 1.82) is 0 Å². The molecule has 1 aromatic heterocycles. The van der Waals surface area contributed by atoms with Crippen LogP contribution >= 0.6 is 0 Å². The molecule has 25 heavy (non-hydrogen) atoms. The molecule has 0 aromatic carbocycles. The van der Waals surface area contributed by atoms with Crippen molar-refractivity contribution >= 4 is 17.6 Å². The fourth-order valence-electron chi connectivity index (χ4n) is 3.48. The number of ether oxygens (including phenoxy) is 1. The summed E-state index contributed by atoms with van der Waals surface area (Å²) in [5.74, 6) is 0.271. The zero-order valence-corrected chi connectivity index (χ0v) is 14.5. The van der Waals surface area contributed by atoms with E-state index in [-0.39, 0.29) is 23.9 Å². The van der Waals surface area contributed by atoms with Gasteiger partial charge in [0.25, 0.3) is 5.91 Å². The number of carbonyl (C=O) groups is 2. The van der Waals surface area contributed by atoms with Gasteiger partial charge in [0.05, 0.1) is 13.2 Å². The molecule has 2 fully saturated rings. The Morgan fingerprint density at radius 1 is 1.36 bits per heavy atom. The van der Waals surface area contributed by atoms with Gasteiger partial charge in [-0.3, -0.25) is 19.6 Å². The zero-order chi connectivity index (χ0) is 17.8. The molecule has 0 bridgehead atoms. The summed E-state index contributed by atoms with van der Waals surface area (Å²) in [5.41, 5.74) is 5.87. The third-order valence-corrected chi connectivity index (χ3v) is 5.10. The largest absolute Gasteiger partial charge is 0.382 e. The van der Waals surface area contributed by atoms with Crippen molar-refractivity contribution < 1.29 is 14.3 Å². The topological polar surface area (TPSA) is 117 Å². The molecule has 3 heterocycles. The van der Waals surface area contributed by atoms with Gasteiger partial charge in [0.1, 0.15) is 11.5 Å². The predicted octanol–water partition coefficient (Wildman–Crippen LogP) is -0.567.